The van der Waals surface area contributed by atoms with Crippen molar-refractivity contribution in [1.29, 1.82) is 0 Å². The van der Waals surface area contributed by atoms with Crippen LogP contribution in [0.3, 0.4) is 0 Å². The Hall–Kier alpha value is -1.43. The molecular weight excluding hydrogens is 250 g/mol. The van der Waals surface area contributed by atoms with Crippen molar-refractivity contribution in [3.63, 3.8) is 0 Å². The van der Waals surface area contributed by atoms with Crippen LogP contribution >= 0.6 is 11.8 Å². The van der Waals surface area contributed by atoms with E-state index in [-0.39, 0.29) is 16.7 Å². The highest BCUT2D eigenvalue weighted by atomic mass is 32.2. The Morgan fingerprint density at radius 1 is 1.44 bits per heavy atom. The summed E-state index contributed by atoms with van der Waals surface area (Å²) in [5.74, 6) is 1.04. The quantitative estimate of drug-likeness (QED) is 0.588. The third-order valence-corrected chi connectivity index (χ3v) is 3.29. The van der Waals surface area contributed by atoms with Gasteiger partial charge in [-0.3, -0.25) is 10.1 Å². The van der Waals surface area contributed by atoms with Gasteiger partial charge in [0.1, 0.15) is 11.4 Å². The molecule has 18 heavy (non-hydrogen) atoms. The summed E-state index contributed by atoms with van der Waals surface area (Å²) < 4.78 is 0. The van der Waals surface area contributed by atoms with Gasteiger partial charge in [-0.25, -0.2) is 0 Å². The highest BCUT2D eigenvalue weighted by Crippen LogP contribution is 2.33. The van der Waals surface area contributed by atoms with Gasteiger partial charge in [-0.05, 0) is 37.5 Å². The SMILES string of the molecule is CNc1cccc(NC(C)CCSC)c1[N+](=O)[O-]. The van der Waals surface area contributed by atoms with Gasteiger partial charge in [-0.1, -0.05) is 6.07 Å². The number of thioether (sulfide) groups is 1. The van der Waals surface area contributed by atoms with Crippen molar-refractivity contribution >= 4 is 28.8 Å². The van der Waals surface area contributed by atoms with Crippen LogP contribution in [0.2, 0.25) is 0 Å². The molecule has 0 spiro atoms. The van der Waals surface area contributed by atoms with Crippen LogP contribution in [-0.4, -0.2) is 30.0 Å². The topological polar surface area (TPSA) is 67.2 Å². The third kappa shape index (κ3) is 3.80. The smallest absolute Gasteiger partial charge is 0.315 e. The summed E-state index contributed by atoms with van der Waals surface area (Å²) in [5, 5.41) is 17.2. The highest BCUT2D eigenvalue weighted by molar-refractivity contribution is 7.98. The maximum Gasteiger partial charge on any atom is 0.315 e. The number of hydrogen-bond donors (Lipinski definition) is 2. The Kier molecular flexibility index (Phi) is 5.77. The van der Waals surface area contributed by atoms with Gasteiger partial charge in [-0.15, -0.1) is 0 Å². The molecule has 2 N–H and O–H groups in total. The van der Waals surface area contributed by atoms with Gasteiger partial charge in [0.05, 0.1) is 4.92 Å². The number of para-hydroxylation sites is 1. The van der Waals surface area contributed by atoms with E-state index in [1.807, 2.05) is 13.0 Å². The summed E-state index contributed by atoms with van der Waals surface area (Å²) in [7, 11) is 1.68. The van der Waals surface area contributed by atoms with Gasteiger partial charge in [0.25, 0.3) is 0 Å². The molecule has 0 heterocycles. The van der Waals surface area contributed by atoms with E-state index in [9.17, 15) is 10.1 Å². The largest absolute Gasteiger partial charge is 0.382 e. The molecule has 1 aromatic rings. The number of benzene rings is 1. The lowest BCUT2D eigenvalue weighted by Gasteiger charge is -2.15. The molecule has 0 aliphatic carbocycles. The predicted molar refractivity (Wildman–Crippen MR) is 78.7 cm³/mol. The van der Waals surface area contributed by atoms with E-state index >= 15 is 0 Å². The van der Waals surface area contributed by atoms with Crippen LogP contribution in [-0.2, 0) is 0 Å². The van der Waals surface area contributed by atoms with Crippen LogP contribution in [0.1, 0.15) is 13.3 Å². The van der Waals surface area contributed by atoms with E-state index in [1.54, 1.807) is 30.9 Å². The second-order valence-electron chi connectivity index (χ2n) is 4.04. The Labute approximate surface area is 111 Å². The molecule has 100 valence electrons. The number of nitrogens with zero attached hydrogens (tertiary/aromatic N) is 1. The third-order valence-electron chi connectivity index (χ3n) is 2.64. The maximum atomic E-state index is 11.1. The Morgan fingerprint density at radius 3 is 2.67 bits per heavy atom. The summed E-state index contributed by atoms with van der Waals surface area (Å²) in [6, 6.07) is 5.47. The van der Waals surface area contributed by atoms with E-state index in [0.29, 0.717) is 11.4 Å². The first-order valence-corrected chi connectivity index (χ1v) is 7.20. The van der Waals surface area contributed by atoms with Gasteiger partial charge in [-0.2, -0.15) is 11.8 Å². The number of anilines is 2. The first-order chi connectivity index (χ1) is 8.60. The summed E-state index contributed by atoms with van der Waals surface area (Å²) >= 11 is 1.77. The lowest BCUT2D eigenvalue weighted by atomic mass is 10.2. The van der Waals surface area contributed by atoms with Crippen LogP contribution in [0.25, 0.3) is 0 Å². The van der Waals surface area contributed by atoms with Gasteiger partial charge >= 0.3 is 5.69 Å². The lowest BCUT2D eigenvalue weighted by molar-refractivity contribution is -0.383. The van der Waals surface area contributed by atoms with Crippen LogP contribution in [0.15, 0.2) is 18.2 Å². The molecular formula is C12H19N3O2S. The number of nitro benzene ring substituents is 1. The highest BCUT2D eigenvalue weighted by Gasteiger charge is 2.19. The monoisotopic (exact) mass is 269 g/mol. The summed E-state index contributed by atoms with van der Waals surface area (Å²) in [5.41, 5.74) is 1.21. The summed E-state index contributed by atoms with van der Waals surface area (Å²) in [4.78, 5) is 10.8. The molecule has 0 aliphatic rings. The molecule has 1 unspecified atom stereocenters. The number of nitrogens with one attached hydrogen (secondary N) is 2. The van der Waals surface area contributed by atoms with E-state index in [0.717, 1.165) is 12.2 Å². The molecule has 1 aromatic carbocycles. The van der Waals surface area contributed by atoms with Crippen molar-refractivity contribution in [2.45, 2.75) is 19.4 Å². The zero-order valence-electron chi connectivity index (χ0n) is 10.9. The van der Waals surface area contributed by atoms with E-state index in [2.05, 4.69) is 16.9 Å². The molecule has 0 aromatic heterocycles. The molecule has 1 rings (SSSR count). The first-order valence-electron chi connectivity index (χ1n) is 5.80. The Bertz CT molecular complexity index is 412. The number of rotatable bonds is 7. The van der Waals surface area contributed by atoms with Crippen molar-refractivity contribution in [3.8, 4) is 0 Å². The van der Waals surface area contributed by atoms with E-state index in [1.165, 1.54) is 0 Å². The fraction of sp³-hybridized carbons (Fsp3) is 0.500. The van der Waals surface area contributed by atoms with Crippen molar-refractivity contribution in [3.05, 3.63) is 28.3 Å². The fourth-order valence-corrected chi connectivity index (χ4v) is 2.28. The van der Waals surface area contributed by atoms with Crippen LogP contribution in [0, 0.1) is 10.1 Å². The average molecular weight is 269 g/mol. The molecule has 1 atom stereocenters. The van der Waals surface area contributed by atoms with Gasteiger partial charge in [0, 0.05) is 13.1 Å². The van der Waals surface area contributed by atoms with E-state index < -0.39 is 0 Å². The molecule has 0 radical (unpaired) electrons. The second kappa shape index (κ2) is 7.10. The minimum absolute atomic E-state index is 0.107. The van der Waals surface area contributed by atoms with Gasteiger partial charge in [0.2, 0.25) is 0 Å². The first kappa shape index (κ1) is 14.6. The average Bonchev–Trinajstić information content (AvgIpc) is 2.35. The van der Waals surface area contributed by atoms with Crippen molar-refractivity contribution in [2.24, 2.45) is 0 Å². The van der Waals surface area contributed by atoms with E-state index in [4.69, 9.17) is 0 Å². The van der Waals surface area contributed by atoms with Crippen LogP contribution in [0.4, 0.5) is 17.1 Å². The minimum Gasteiger partial charge on any atom is -0.382 e. The molecule has 0 saturated carbocycles. The zero-order chi connectivity index (χ0) is 13.5. The minimum atomic E-state index is -0.352. The molecule has 0 fully saturated rings. The molecule has 5 nitrogen and oxygen atoms in total. The Balaban J connectivity index is 2.90. The molecule has 0 saturated heterocycles. The van der Waals surface area contributed by atoms with Gasteiger partial charge in [0.15, 0.2) is 0 Å². The summed E-state index contributed by atoms with van der Waals surface area (Å²) in [6.45, 7) is 2.03. The standard InChI is InChI=1S/C12H19N3O2S/c1-9(7-8-18-3)14-11-6-4-5-10(13-2)12(11)15(16)17/h4-6,9,13-14H,7-8H2,1-3H3. The fourth-order valence-electron chi connectivity index (χ4n) is 1.69. The normalized spacial score (nSPS) is 11.9. The second-order valence-corrected chi connectivity index (χ2v) is 5.02. The number of nitro groups is 1. The van der Waals surface area contributed by atoms with Crippen molar-refractivity contribution in [1.82, 2.24) is 0 Å². The lowest BCUT2D eigenvalue weighted by Crippen LogP contribution is -2.17. The Morgan fingerprint density at radius 2 is 2.11 bits per heavy atom. The molecule has 6 heteroatoms. The van der Waals surface area contributed by atoms with Crippen molar-refractivity contribution < 1.29 is 4.92 Å². The zero-order valence-corrected chi connectivity index (χ0v) is 11.7. The van der Waals surface area contributed by atoms with Crippen LogP contribution in [0.5, 0.6) is 0 Å². The molecule has 0 aliphatic heterocycles. The predicted octanol–water partition coefficient (Wildman–Crippen LogP) is 3.19. The van der Waals surface area contributed by atoms with Gasteiger partial charge < -0.3 is 10.6 Å². The molecule has 0 amide bonds. The molecule has 0 bridgehead atoms. The number of hydrogen-bond acceptors (Lipinski definition) is 5. The van der Waals surface area contributed by atoms with Crippen molar-refractivity contribution in [2.75, 3.05) is 29.7 Å². The van der Waals surface area contributed by atoms with Crippen LogP contribution < -0.4 is 10.6 Å². The maximum absolute atomic E-state index is 11.1. The summed E-state index contributed by atoms with van der Waals surface area (Å²) in [6.07, 6.45) is 3.03.